The summed E-state index contributed by atoms with van der Waals surface area (Å²) in [6.45, 7) is 4.82. The highest BCUT2D eigenvalue weighted by Crippen LogP contribution is 2.51. The second-order valence-electron chi connectivity index (χ2n) is 7.15. The van der Waals surface area contributed by atoms with E-state index in [9.17, 15) is 30.3 Å². The maximum absolute atomic E-state index is 12.8. The Labute approximate surface area is 167 Å². The number of rotatable bonds is 6. The van der Waals surface area contributed by atoms with Crippen LogP contribution in [0.4, 0.5) is 0 Å². The largest absolute Gasteiger partial charge is 0.504 e. The van der Waals surface area contributed by atoms with Gasteiger partial charge >= 0.3 is 5.97 Å². The third kappa shape index (κ3) is 3.40. The summed E-state index contributed by atoms with van der Waals surface area (Å²) in [5.74, 6) is -1.92. The van der Waals surface area contributed by atoms with E-state index >= 15 is 0 Å². The fraction of sp³-hybridized carbons (Fsp3) is 0.632. The summed E-state index contributed by atoms with van der Waals surface area (Å²) in [7, 11) is 1.27. The molecule has 2 heterocycles. The van der Waals surface area contributed by atoms with Gasteiger partial charge in [-0.15, -0.1) is 0 Å². The molecule has 162 valence electrons. The Bertz CT molecular complexity index is 780. The summed E-state index contributed by atoms with van der Waals surface area (Å²) >= 11 is 0. The minimum Gasteiger partial charge on any atom is -0.504 e. The highest BCUT2D eigenvalue weighted by atomic mass is 16.6. The number of benzene rings is 1. The molecule has 0 spiro atoms. The number of ether oxygens (including phenoxy) is 3. The van der Waals surface area contributed by atoms with Crippen molar-refractivity contribution in [3.05, 3.63) is 16.7 Å². The van der Waals surface area contributed by atoms with Gasteiger partial charge in [-0.3, -0.25) is 4.90 Å². The Balaban J connectivity index is 2.22. The summed E-state index contributed by atoms with van der Waals surface area (Å²) in [5, 5.41) is 51.5. The molecular formula is C19H28NO9+. The molecule has 1 aromatic carbocycles. The Morgan fingerprint density at radius 1 is 1.14 bits per heavy atom. The van der Waals surface area contributed by atoms with Crippen LogP contribution >= 0.6 is 0 Å². The lowest BCUT2D eigenvalue weighted by Gasteiger charge is -2.41. The number of carbonyl (C=O) groups excluding carboxylic acids is 1. The van der Waals surface area contributed by atoms with Gasteiger partial charge in [0.1, 0.15) is 12.7 Å². The van der Waals surface area contributed by atoms with Crippen molar-refractivity contribution in [1.29, 1.82) is 0 Å². The number of phenolic OH excluding ortho intramolecular Hbond substituents is 2. The molecule has 0 aliphatic carbocycles. The maximum atomic E-state index is 12.8. The van der Waals surface area contributed by atoms with Gasteiger partial charge in [0.15, 0.2) is 17.6 Å². The Kier molecular flexibility index (Phi) is 6.20. The van der Waals surface area contributed by atoms with Gasteiger partial charge in [-0.1, -0.05) is 13.8 Å². The van der Waals surface area contributed by atoms with E-state index in [4.69, 9.17) is 9.47 Å². The Hall–Kier alpha value is -2.11. The molecule has 5 atom stereocenters. The zero-order valence-electron chi connectivity index (χ0n) is 16.6. The molecule has 0 radical (unpaired) electrons. The molecule has 0 amide bonds. The normalized spacial score (nSPS) is 28.7. The van der Waals surface area contributed by atoms with Gasteiger partial charge in [-0.2, -0.15) is 0 Å². The predicted molar refractivity (Wildman–Crippen MR) is 100.0 cm³/mol. The molecule has 1 aromatic rings. The number of nitrogens with zero attached hydrogens (tertiary/aromatic N) is 1. The quantitative estimate of drug-likeness (QED) is 0.296. The first kappa shape index (κ1) is 21.6. The average Bonchev–Trinajstić information content (AvgIpc) is 2.71. The van der Waals surface area contributed by atoms with Crippen molar-refractivity contribution in [2.24, 2.45) is 0 Å². The minimum atomic E-state index is -1.50. The molecule has 6 N–H and O–H groups in total. The van der Waals surface area contributed by atoms with Crippen molar-refractivity contribution in [2.45, 2.75) is 50.9 Å². The first-order chi connectivity index (χ1) is 13.8. The number of phenols is 2. The SMILES string of the molecule is CCN(CC)Cc1c(O)c(OC)c(O)c2c1C(=O)OC1C2[OH+]C(CO)C(O)C1O. The number of hydrogen-bond donors (Lipinski definition) is 5. The standard InChI is InChI=1S/C19H27NO9/c1-4-20(5-2)6-8-10-11(14(24)17(27-3)12(8)22)16-18(29-19(10)26)15(25)13(23)9(7-21)28-16/h9,13,15-16,18,21-25H,4-7H2,1-3H3/p+1. The van der Waals surface area contributed by atoms with Gasteiger partial charge in [0, 0.05) is 12.1 Å². The van der Waals surface area contributed by atoms with Crippen LogP contribution in [0, 0.1) is 0 Å². The number of carbonyl (C=O) groups is 1. The fourth-order valence-corrected chi connectivity index (χ4v) is 4.01. The van der Waals surface area contributed by atoms with E-state index in [-0.39, 0.29) is 34.7 Å². The second-order valence-corrected chi connectivity index (χ2v) is 7.15. The van der Waals surface area contributed by atoms with Crippen molar-refractivity contribution in [2.75, 3.05) is 26.8 Å². The van der Waals surface area contributed by atoms with Crippen LogP contribution in [0.3, 0.4) is 0 Å². The summed E-state index contributed by atoms with van der Waals surface area (Å²) < 4.78 is 14.8. The molecular weight excluding hydrogens is 386 g/mol. The van der Waals surface area contributed by atoms with Crippen molar-refractivity contribution in [1.82, 2.24) is 4.90 Å². The molecule has 0 aromatic heterocycles. The first-order valence-corrected chi connectivity index (χ1v) is 9.55. The lowest BCUT2D eigenvalue weighted by Crippen LogP contribution is -2.59. The Morgan fingerprint density at radius 3 is 2.34 bits per heavy atom. The van der Waals surface area contributed by atoms with Crippen LogP contribution in [0.15, 0.2) is 0 Å². The van der Waals surface area contributed by atoms with Crippen molar-refractivity contribution >= 4 is 5.97 Å². The topological polar surface area (TPSA) is 153 Å². The van der Waals surface area contributed by atoms with Gasteiger partial charge in [-0.05, 0) is 13.1 Å². The highest BCUT2D eigenvalue weighted by Gasteiger charge is 2.56. The van der Waals surface area contributed by atoms with Gasteiger partial charge < -0.3 is 39.7 Å². The molecule has 2 aliphatic heterocycles. The number of aliphatic hydroxyl groups is 5. The summed E-state index contributed by atoms with van der Waals surface area (Å²) in [4.78, 5) is 14.8. The molecule has 29 heavy (non-hydrogen) atoms. The molecule has 10 heteroatoms. The van der Waals surface area contributed by atoms with Gasteiger partial charge in [0.25, 0.3) is 0 Å². The van der Waals surface area contributed by atoms with E-state index < -0.39 is 48.8 Å². The lowest BCUT2D eigenvalue weighted by atomic mass is 9.84. The molecule has 5 unspecified atom stereocenters. The maximum Gasteiger partial charge on any atom is 0.340 e. The number of aliphatic hydroxyl groups excluding tert-OH is 3. The highest BCUT2D eigenvalue weighted by molar-refractivity contribution is 5.97. The number of hydrogen-bond acceptors (Lipinski definition) is 9. The molecule has 10 nitrogen and oxygen atoms in total. The zero-order chi connectivity index (χ0) is 21.5. The van der Waals surface area contributed by atoms with E-state index in [1.165, 1.54) is 7.11 Å². The summed E-state index contributed by atoms with van der Waals surface area (Å²) in [5.41, 5.74) is 0.226. The minimum absolute atomic E-state index is 0.0435. The van der Waals surface area contributed by atoms with E-state index in [0.29, 0.717) is 13.1 Å². The molecule has 3 rings (SSSR count). The van der Waals surface area contributed by atoms with Crippen LogP contribution in [-0.4, -0.2) is 92.4 Å². The molecule has 0 saturated carbocycles. The van der Waals surface area contributed by atoms with Gasteiger partial charge in [0.2, 0.25) is 24.1 Å². The van der Waals surface area contributed by atoms with Crippen molar-refractivity contribution in [3.8, 4) is 17.2 Å². The second kappa shape index (κ2) is 8.33. The monoisotopic (exact) mass is 414 g/mol. The summed E-state index contributed by atoms with van der Waals surface area (Å²) in [6, 6.07) is 0. The van der Waals surface area contributed by atoms with Crippen LogP contribution in [0.5, 0.6) is 17.2 Å². The van der Waals surface area contributed by atoms with Crippen LogP contribution in [0.25, 0.3) is 0 Å². The zero-order valence-corrected chi connectivity index (χ0v) is 16.6. The predicted octanol–water partition coefficient (Wildman–Crippen LogP) is -0.847. The van der Waals surface area contributed by atoms with Crippen LogP contribution in [0.2, 0.25) is 0 Å². The third-order valence-electron chi connectivity index (χ3n) is 5.70. The molecule has 2 aliphatic rings. The number of fused-ring (bicyclic) bond motifs is 3. The molecule has 0 bridgehead atoms. The number of methoxy groups -OCH3 is 1. The third-order valence-corrected chi connectivity index (χ3v) is 5.70. The van der Waals surface area contributed by atoms with Gasteiger partial charge in [0.05, 0.1) is 18.2 Å². The number of esters is 1. The fourth-order valence-electron chi connectivity index (χ4n) is 4.01. The smallest absolute Gasteiger partial charge is 0.340 e. The summed E-state index contributed by atoms with van der Waals surface area (Å²) in [6.07, 6.45) is -6.23. The van der Waals surface area contributed by atoms with Crippen molar-refractivity contribution in [3.63, 3.8) is 0 Å². The Morgan fingerprint density at radius 2 is 1.79 bits per heavy atom. The van der Waals surface area contributed by atoms with Crippen molar-refractivity contribution < 1.29 is 44.5 Å². The van der Waals surface area contributed by atoms with Crippen LogP contribution < -0.4 is 4.74 Å². The lowest BCUT2D eigenvalue weighted by molar-refractivity contribution is -0.307. The van der Waals surface area contributed by atoms with Crippen LogP contribution in [0.1, 0.15) is 41.4 Å². The number of aromatic hydroxyl groups is 2. The average molecular weight is 414 g/mol. The van der Waals surface area contributed by atoms with Crippen LogP contribution in [-0.2, 0) is 11.3 Å². The van der Waals surface area contributed by atoms with E-state index in [1.54, 1.807) is 0 Å². The van der Waals surface area contributed by atoms with Gasteiger partial charge in [-0.25, -0.2) is 4.79 Å². The molecule has 1 saturated heterocycles. The van der Waals surface area contributed by atoms with E-state index in [2.05, 4.69) is 4.74 Å². The van der Waals surface area contributed by atoms with E-state index in [1.807, 2.05) is 18.7 Å². The van der Waals surface area contributed by atoms with E-state index in [0.717, 1.165) is 0 Å². The first-order valence-electron chi connectivity index (χ1n) is 9.55. The molecule has 1 fully saturated rings.